The van der Waals surface area contributed by atoms with Crippen molar-refractivity contribution in [3.63, 3.8) is 0 Å². The van der Waals surface area contributed by atoms with Crippen LogP contribution in [0.3, 0.4) is 0 Å². The van der Waals surface area contributed by atoms with E-state index in [-0.39, 0.29) is 18.6 Å². The lowest BCUT2D eigenvalue weighted by Gasteiger charge is -2.14. The Morgan fingerprint density at radius 3 is 2.89 bits per heavy atom. The Labute approximate surface area is 105 Å². The summed E-state index contributed by atoms with van der Waals surface area (Å²) in [7, 11) is -3.00. The van der Waals surface area contributed by atoms with Gasteiger partial charge in [-0.05, 0) is 6.42 Å². The third kappa shape index (κ3) is 3.49. The zero-order chi connectivity index (χ0) is 13.0. The number of hydrogen-bond donors (Lipinski definition) is 2. The van der Waals surface area contributed by atoms with E-state index in [1.807, 2.05) is 0 Å². The number of nitrogens with zero attached hydrogens (tertiary/aromatic N) is 2. The highest BCUT2D eigenvalue weighted by Crippen LogP contribution is 2.35. The molecule has 100 valence electrons. The van der Waals surface area contributed by atoms with Crippen molar-refractivity contribution >= 4 is 8.25 Å². The Hall–Kier alpha value is -1.01. The fourth-order valence-corrected chi connectivity index (χ4v) is 2.66. The maximum Gasteiger partial charge on any atom is 0.316 e. The van der Waals surface area contributed by atoms with Crippen LogP contribution in [0.5, 0.6) is 5.88 Å². The van der Waals surface area contributed by atoms with Crippen molar-refractivity contribution in [3.8, 4) is 5.88 Å². The van der Waals surface area contributed by atoms with Crippen LogP contribution in [-0.4, -0.2) is 38.8 Å². The molecule has 0 spiro atoms. The van der Waals surface area contributed by atoms with Crippen LogP contribution in [0.4, 0.5) is 0 Å². The van der Waals surface area contributed by atoms with E-state index in [9.17, 15) is 9.67 Å². The Morgan fingerprint density at radius 2 is 2.28 bits per heavy atom. The molecule has 7 nitrogen and oxygen atoms in total. The number of aromatic nitrogens is 2. The second-order valence-corrected chi connectivity index (χ2v) is 4.89. The standard InChI is InChI=1S/C10H15N2O5P/c13-6-7-3-8(4-9(7)17-18(14)15)16-10-5-11-1-2-12-10/h1-2,5,7-9,13,18H,3-4,6H2,(H,14,15)/t7-,8-,9+/m1/s1. The molecule has 8 heteroatoms. The minimum Gasteiger partial charge on any atom is -0.473 e. The van der Waals surface area contributed by atoms with Gasteiger partial charge in [-0.2, -0.15) is 0 Å². The van der Waals surface area contributed by atoms with Gasteiger partial charge in [0.05, 0.1) is 12.3 Å². The summed E-state index contributed by atoms with van der Waals surface area (Å²) < 4.78 is 21.2. The highest BCUT2D eigenvalue weighted by Gasteiger charge is 2.37. The molecule has 4 atom stereocenters. The van der Waals surface area contributed by atoms with Crippen LogP contribution in [0.2, 0.25) is 0 Å². The molecule has 1 saturated carbocycles. The van der Waals surface area contributed by atoms with E-state index >= 15 is 0 Å². The van der Waals surface area contributed by atoms with Crippen LogP contribution in [0.15, 0.2) is 18.6 Å². The Kier molecular flexibility index (Phi) is 4.66. The molecule has 2 N–H and O–H groups in total. The van der Waals surface area contributed by atoms with Crippen molar-refractivity contribution in [1.29, 1.82) is 0 Å². The molecular formula is C10H15N2O5P. The van der Waals surface area contributed by atoms with Crippen LogP contribution in [-0.2, 0) is 9.09 Å². The third-order valence-electron chi connectivity index (χ3n) is 2.90. The minimum absolute atomic E-state index is 0.0971. The maximum absolute atomic E-state index is 10.7. The molecule has 1 fully saturated rings. The number of aliphatic hydroxyl groups excluding tert-OH is 1. The fraction of sp³-hybridized carbons (Fsp3) is 0.600. The molecule has 1 unspecified atom stereocenters. The van der Waals surface area contributed by atoms with Crippen molar-refractivity contribution in [2.75, 3.05) is 6.61 Å². The molecule has 1 aromatic heterocycles. The second kappa shape index (κ2) is 6.24. The molecule has 1 aliphatic rings. The quantitative estimate of drug-likeness (QED) is 0.749. The SMILES string of the molecule is O=[PH](O)O[C@H]1C[C@H](Oc2cnccn2)C[C@@H]1CO. The van der Waals surface area contributed by atoms with Gasteiger partial charge in [0.15, 0.2) is 0 Å². The van der Waals surface area contributed by atoms with E-state index in [4.69, 9.17) is 14.2 Å². The summed E-state index contributed by atoms with van der Waals surface area (Å²) in [4.78, 5) is 16.6. The summed E-state index contributed by atoms with van der Waals surface area (Å²) in [5, 5.41) is 9.20. The summed E-state index contributed by atoms with van der Waals surface area (Å²) in [5.41, 5.74) is 0. The summed E-state index contributed by atoms with van der Waals surface area (Å²) in [6.07, 6.45) is 4.94. The first-order valence-electron chi connectivity index (χ1n) is 5.62. The van der Waals surface area contributed by atoms with Gasteiger partial charge in [-0.25, -0.2) is 4.98 Å². The molecule has 0 saturated heterocycles. The number of rotatable bonds is 5. The van der Waals surface area contributed by atoms with Gasteiger partial charge in [0, 0.05) is 31.3 Å². The van der Waals surface area contributed by atoms with Gasteiger partial charge in [-0.3, -0.25) is 9.55 Å². The predicted octanol–water partition coefficient (Wildman–Crippen LogP) is 0.393. The average molecular weight is 274 g/mol. The van der Waals surface area contributed by atoms with Gasteiger partial charge < -0.3 is 19.3 Å². The van der Waals surface area contributed by atoms with Gasteiger partial charge in [-0.1, -0.05) is 0 Å². The number of aliphatic hydroxyl groups is 1. The molecule has 0 aromatic carbocycles. The Bertz CT molecular complexity index is 405. The molecule has 1 aromatic rings. The molecule has 0 radical (unpaired) electrons. The molecular weight excluding hydrogens is 259 g/mol. The molecule has 0 bridgehead atoms. The second-order valence-electron chi connectivity index (χ2n) is 4.12. The van der Waals surface area contributed by atoms with Crippen molar-refractivity contribution in [2.45, 2.75) is 25.0 Å². The average Bonchev–Trinajstić information content (AvgIpc) is 2.71. The largest absolute Gasteiger partial charge is 0.473 e. The number of ether oxygens (including phenoxy) is 1. The van der Waals surface area contributed by atoms with Crippen molar-refractivity contribution in [3.05, 3.63) is 18.6 Å². The molecule has 0 aliphatic heterocycles. The van der Waals surface area contributed by atoms with Crippen LogP contribution in [0, 0.1) is 5.92 Å². The van der Waals surface area contributed by atoms with E-state index in [0.717, 1.165) is 0 Å². The Balaban J connectivity index is 1.94. The van der Waals surface area contributed by atoms with E-state index in [1.165, 1.54) is 12.4 Å². The lowest BCUT2D eigenvalue weighted by molar-refractivity contribution is 0.105. The normalized spacial score (nSPS) is 29.1. The molecule has 1 heterocycles. The first-order chi connectivity index (χ1) is 8.69. The monoisotopic (exact) mass is 274 g/mol. The lowest BCUT2D eigenvalue weighted by atomic mass is 10.1. The molecule has 0 amide bonds. The van der Waals surface area contributed by atoms with Gasteiger partial charge in [0.2, 0.25) is 5.88 Å². The lowest BCUT2D eigenvalue weighted by Crippen LogP contribution is -2.18. The van der Waals surface area contributed by atoms with Crippen molar-refractivity contribution in [2.24, 2.45) is 5.92 Å². The zero-order valence-corrected chi connectivity index (χ0v) is 10.6. The molecule has 18 heavy (non-hydrogen) atoms. The zero-order valence-electron chi connectivity index (χ0n) is 9.60. The summed E-state index contributed by atoms with van der Waals surface area (Å²) >= 11 is 0. The van der Waals surface area contributed by atoms with Crippen molar-refractivity contribution in [1.82, 2.24) is 9.97 Å². The highest BCUT2D eigenvalue weighted by molar-refractivity contribution is 7.32. The minimum atomic E-state index is -3.00. The van der Waals surface area contributed by atoms with Crippen LogP contribution in [0.1, 0.15) is 12.8 Å². The van der Waals surface area contributed by atoms with Crippen LogP contribution in [0.25, 0.3) is 0 Å². The first kappa shape index (κ1) is 13.4. The van der Waals surface area contributed by atoms with E-state index in [0.29, 0.717) is 18.7 Å². The summed E-state index contributed by atoms with van der Waals surface area (Å²) in [6.45, 7) is -0.0971. The fourth-order valence-electron chi connectivity index (χ4n) is 2.12. The summed E-state index contributed by atoms with van der Waals surface area (Å²) in [6, 6.07) is 0. The van der Waals surface area contributed by atoms with E-state index in [2.05, 4.69) is 9.97 Å². The molecule has 1 aliphatic carbocycles. The van der Waals surface area contributed by atoms with E-state index < -0.39 is 14.4 Å². The first-order valence-corrected chi connectivity index (χ1v) is 6.88. The van der Waals surface area contributed by atoms with Crippen LogP contribution >= 0.6 is 8.25 Å². The van der Waals surface area contributed by atoms with E-state index in [1.54, 1.807) is 6.20 Å². The van der Waals surface area contributed by atoms with Gasteiger partial charge >= 0.3 is 8.25 Å². The van der Waals surface area contributed by atoms with Crippen LogP contribution < -0.4 is 4.74 Å². The van der Waals surface area contributed by atoms with Crippen molar-refractivity contribution < 1.29 is 23.8 Å². The third-order valence-corrected chi connectivity index (χ3v) is 3.40. The highest BCUT2D eigenvalue weighted by atomic mass is 31.1. The van der Waals surface area contributed by atoms with Gasteiger partial charge in [0.25, 0.3) is 0 Å². The topological polar surface area (TPSA) is 102 Å². The number of hydrogen-bond acceptors (Lipinski definition) is 6. The maximum atomic E-state index is 10.7. The smallest absolute Gasteiger partial charge is 0.316 e. The Morgan fingerprint density at radius 1 is 1.44 bits per heavy atom. The molecule has 2 rings (SSSR count). The van der Waals surface area contributed by atoms with Gasteiger partial charge in [-0.15, -0.1) is 0 Å². The van der Waals surface area contributed by atoms with Gasteiger partial charge in [0.1, 0.15) is 6.10 Å². The summed E-state index contributed by atoms with van der Waals surface area (Å²) in [5.74, 6) is 0.212. The predicted molar refractivity (Wildman–Crippen MR) is 62.4 cm³/mol.